The summed E-state index contributed by atoms with van der Waals surface area (Å²) in [5.41, 5.74) is 2.12. The van der Waals surface area contributed by atoms with Crippen molar-refractivity contribution in [3.8, 4) is 17.6 Å². The second-order valence-corrected chi connectivity index (χ2v) is 8.49. The first kappa shape index (κ1) is 23.8. The van der Waals surface area contributed by atoms with Crippen LogP contribution in [0.4, 0.5) is 0 Å². The molecular weight excluding hydrogens is 430 g/mol. The smallest absolute Gasteiger partial charge is 0.303 e. The summed E-state index contributed by atoms with van der Waals surface area (Å²) in [5, 5.41) is 8.74. The van der Waals surface area contributed by atoms with Crippen LogP contribution in [0.3, 0.4) is 0 Å². The molecule has 0 spiro atoms. The molecule has 1 atom stereocenters. The highest BCUT2D eigenvalue weighted by atomic mass is 16.5. The number of ether oxygens (including phenoxy) is 2. The Bertz CT molecular complexity index is 1060. The Hall–Kier alpha value is -3.30. The number of carboxylic acids is 1. The number of hydrogen-bond donors (Lipinski definition) is 1. The molecule has 0 saturated carbocycles. The van der Waals surface area contributed by atoms with E-state index in [9.17, 15) is 9.59 Å². The summed E-state index contributed by atoms with van der Waals surface area (Å²) < 4.78 is 19.9. The van der Waals surface area contributed by atoms with Crippen molar-refractivity contribution in [1.29, 1.82) is 0 Å². The van der Waals surface area contributed by atoms with Crippen LogP contribution in [0.1, 0.15) is 68.8 Å². The van der Waals surface area contributed by atoms with Crippen molar-refractivity contribution >= 4 is 11.9 Å². The summed E-state index contributed by atoms with van der Waals surface area (Å²) in [4.78, 5) is 25.5. The van der Waals surface area contributed by atoms with Crippen LogP contribution in [-0.4, -0.2) is 47.2 Å². The molecule has 1 aliphatic rings. The van der Waals surface area contributed by atoms with E-state index in [1.54, 1.807) is 26.0 Å². The lowest BCUT2D eigenvalue weighted by atomic mass is 10.1. The maximum atomic E-state index is 13.4. The Balaban J connectivity index is 1.66. The van der Waals surface area contributed by atoms with E-state index in [2.05, 4.69) is 11.8 Å². The molecule has 180 valence electrons. The van der Waals surface area contributed by atoms with Gasteiger partial charge in [0.15, 0.2) is 0 Å². The monoisotopic (exact) mass is 464 g/mol. The molecule has 1 fully saturated rings. The maximum absolute atomic E-state index is 13.4. The van der Waals surface area contributed by atoms with E-state index in [-0.39, 0.29) is 25.0 Å². The zero-order chi connectivity index (χ0) is 25.3. The first-order chi connectivity index (χ1) is 16.7. The van der Waals surface area contributed by atoms with Crippen LogP contribution in [0.5, 0.6) is 5.75 Å². The molecule has 1 heterocycles. The first-order valence-corrected chi connectivity index (χ1v) is 11.7. The SMILES string of the molecule is [2H]C(C)(C)N(Cc1ccccc1OCCCCCC(=O)O)C(=O)c1ccc(C#CC2CCO2)cc1. The van der Waals surface area contributed by atoms with Gasteiger partial charge in [-0.3, -0.25) is 9.59 Å². The van der Waals surface area contributed by atoms with Crippen molar-refractivity contribution < 1.29 is 25.5 Å². The second-order valence-electron chi connectivity index (χ2n) is 8.49. The predicted molar refractivity (Wildman–Crippen MR) is 131 cm³/mol. The number of carbonyl (C=O) groups is 2. The fourth-order valence-corrected chi connectivity index (χ4v) is 3.48. The number of benzene rings is 2. The average Bonchev–Trinajstić information content (AvgIpc) is 2.78. The van der Waals surface area contributed by atoms with Gasteiger partial charge in [-0.2, -0.15) is 0 Å². The van der Waals surface area contributed by atoms with E-state index >= 15 is 0 Å². The number of amides is 1. The lowest BCUT2D eigenvalue weighted by molar-refractivity contribution is -0.137. The predicted octanol–water partition coefficient (Wildman–Crippen LogP) is 4.90. The molecule has 1 N–H and O–H groups in total. The van der Waals surface area contributed by atoms with Gasteiger partial charge in [-0.15, -0.1) is 0 Å². The number of carboxylic acid groups (broad SMARTS) is 1. The van der Waals surface area contributed by atoms with Gasteiger partial charge in [-0.25, -0.2) is 0 Å². The highest BCUT2D eigenvalue weighted by Crippen LogP contribution is 2.23. The third-order valence-electron chi connectivity index (χ3n) is 5.59. The molecule has 2 aromatic rings. The first-order valence-electron chi connectivity index (χ1n) is 12.2. The lowest BCUT2D eigenvalue weighted by Gasteiger charge is -2.28. The number of aliphatic carboxylic acids is 1. The van der Waals surface area contributed by atoms with Gasteiger partial charge in [-0.1, -0.05) is 30.0 Å². The van der Waals surface area contributed by atoms with Gasteiger partial charge in [-0.05, 0) is 63.4 Å². The van der Waals surface area contributed by atoms with Gasteiger partial charge >= 0.3 is 5.97 Å². The Morgan fingerprint density at radius 3 is 2.56 bits per heavy atom. The molecular formula is C28H33NO5. The Morgan fingerprint density at radius 2 is 1.91 bits per heavy atom. The van der Waals surface area contributed by atoms with Crippen LogP contribution >= 0.6 is 0 Å². The van der Waals surface area contributed by atoms with E-state index in [1.807, 2.05) is 36.4 Å². The number of rotatable bonds is 11. The number of para-hydroxylation sites is 1. The molecule has 1 unspecified atom stereocenters. The zero-order valence-corrected chi connectivity index (χ0v) is 19.9. The van der Waals surface area contributed by atoms with Gasteiger partial charge in [0.1, 0.15) is 11.9 Å². The van der Waals surface area contributed by atoms with E-state index in [0.717, 1.165) is 37.0 Å². The van der Waals surface area contributed by atoms with Crippen molar-refractivity contribution in [1.82, 2.24) is 4.90 Å². The zero-order valence-electron chi connectivity index (χ0n) is 20.9. The van der Waals surface area contributed by atoms with Crippen LogP contribution < -0.4 is 4.74 Å². The molecule has 0 aliphatic carbocycles. The van der Waals surface area contributed by atoms with Crippen molar-refractivity contribution in [2.45, 2.75) is 64.6 Å². The van der Waals surface area contributed by atoms with Crippen molar-refractivity contribution in [3.63, 3.8) is 0 Å². The molecule has 0 aromatic heterocycles. The number of unbranched alkanes of at least 4 members (excludes halogenated alkanes) is 2. The molecule has 6 heteroatoms. The maximum Gasteiger partial charge on any atom is 0.303 e. The molecule has 0 radical (unpaired) electrons. The molecule has 1 saturated heterocycles. The van der Waals surface area contributed by atoms with E-state index < -0.39 is 12.0 Å². The minimum absolute atomic E-state index is 0.00272. The molecule has 1 amide bonds. The molecule has 0 bridgehead atoms. The standard InChI is InChI=1S/C28H33NO5/c1-21(2)29(28(32)23-14-11-22(12-15-23)13-16-25-17-19-33-25)20-24-8-5-6-9-26(24)34-18-7-3-4-10-27(30)31/h5-6,8-9,11-12,14-15,21,25H,3-4,7,10,17-20H2,1-2H3,(H,30,31)/i21D. The van der Waals surface area contributed by atoms with E-state index in [1.165, 1.54) is 4.90 Å². The van der Waals surface area contributed by atoms with E-state index in [0.29, 0.717) is 24.3 Å². The summed E-state index contributed by atoms with van der Waals surface area (Å²) in [7, 11) is 0. The minimum atomic E-state index is -1.15. The molecule has 6 nitrogen and oxygen atoms in total. The van der Waals surface area contributed by atoms with E-state index in [4.69, 9.17) is 16.0 Å². The van der Waals surface area contributed by atoms with Crippen molar-refractivity contribution in [2.75, 3.05) is 13.2 Å². The molecule has 2 aromatic carbocycles. The third-order valence-corrected chi connectivity index (χ3v) is 5.59. The van der Waals surface area contributed by atoms with Crippen LogP contribution in [0.15, 0.2) is 48.5 Å². The molecule has 34 heavy (non-hydrogen) atoms. The van der Waals surface area contributed by atoms with Gasteiger partial charge in [0, 0.05) is 42.1 Å². The fraction of sp³-hybridized carbons (Fsp3) is 0.429. The van der Waals surface area contributed by atoms with Gasteiger partial charge in [0.05, 0.1) is 14.6 Å². The van der Waals surface area contributed by atoms with Crippen molar-refractivity contribution in [3.05, 3.63) is 65.2 Å². The minimum Gasteiger partial charge on any atom is -0.493 e. The van der Waals surface area contributed by atoms with Gasteiger partial charge in [0.2, 0.25) is 0 Å². The van der Waals surface area contributed by atoms with Crippen LogP contribution in [0.25, 0.3) is 0 Å². The quantitative estimate of drug-likeness (QED) is 0.378. The summed E-state index contributed by atoms with van der Waals surface area (Å²) in [6.07, 6.45) is 3.25. The Kier molecular flexibility index (Phi) is 8.98. The van der Waals surface area contributed by atoms with Crippen LogP contribution in [0, 0.1) is 11.8 Å². The summed E-state index contributed by atoms with van der Waals surface area (Å²) in [6.45, 7) is 4.82. The highest BCUT2D eigenvalue weighted by molar-refractivity contribution is 5.94. The van der Waals surface area contributed by atoms with Gasteiger partial charge in [0.25, 0.3) is 5.91 Å². The Labute approximate surface area is 203 Å². The molecule has 3 rings (SSSR count). The second kappa shape index (κ2) is 12.8. The lowest BCUT2D eigenvalue weighted by Crippen LogP contribution is -2.36. The van der Waals surface area contributed by atoms with Gasteiger partial charge < -0.3 is 19.5 Å². The summed E-state index contributed by atoms with van der Waals surface area (Å²) in [5.74, 6) is 5.78. The van der Waals surface area contributed by atoms with Crippen LogP contribution in [0.2, 0.25) is 0 Å². The Morgan fingerprint density at radius 1 is 1.18 bits per heavy atom. The number of hydrogen-bond acceptors (Lipinski definition) is 4. The fourth-order valence-electron chi connectivity index (χ4n) is 3.48. The summed E-state index contributed by atoms with van der Waals surface area (Å²) >= 11 is 0. The normalized spacial score (nSPS) is 15.4. The summed E-state index contributed by atoms with van der Waals surface area (Å²) in [6, 6.07) is 13.5. The molecule has 1 aliphatic heterocycles. The van der Waals surface area contributed by atoms with Crippen LogP contribution in [-0.2, 0) is 16.1 Å². The third kappa shape index (κ3) is 7.64. The average molecular weight is 465 g/mol. The highest BCUT2D eigenvalue weighted by Gasteiger charge is 2.21. The van der Waals surface area contributed by atoms with Crippen molar-refractivity contribution in [2.24, 2.45) is 0 Å². The number of carbonyl (C=O) groups excluding carboxylic acids is 1. The topological polar surface area (TPSA) is 76.1 Å². The largest absolute Gasteiger partial charge is 0.493 e. The number of nitrogens with zero attached hydrogens (tertiary/aromatic N) is 1.